The number of nitrogens with zero attached hydrogens (tertiary/aromatic N) is 4. The molecule has 1 fully saturated rings. The zero-order valence-corrected chi connectivity index (χ0v) is 13.3. The lowest BCUT2D eigenvalue weighted by molar-refractivity contribution is 0.581. The average Bonchev–Trinajstić information content (AvgIpc) is 2.78. The molecule has 0 bridgehead atoms. The van der Waals surface area contributed by atoms with Crippen LogP contribution in [0.5, 0.6) is 0 Å². The summed E-state index contributed by atoms with van der Waals surface area (Å²) in [5.74, 6) is 5.12. The summed E-state index contributed by atoms with van der Waals surface area (Å²) >= 11 is 2.01. The number of guanidine groups is 1. The summed E-state index contributed by atoms with van der Waals surface area (Å²) in [6.07, 6.45) is 2.50. The van der Waals surface area contributed by atoms with Gasteiger partial charge < -0.3 is 15.2 Å². The summed E-state index contributed by atoms with van der Waals surface area (Å²) in [6.45, 7) is 5.44. The lowest BCUT2D eigenvalue weighted by Crippen LogP contribution is -2.45. The van der Waals surface area contributed by atoms with Gasteiger partial charge in [-0.15, -0.1) is 10.2 Å². The third-order valence-electron chi connectivity index (χ3n) is 3.41. The third kappa shape index (κ3) is 4.13. The molecule has 1 aromatic heterocycles. The van der Waals surface area contributed by atoms with Gasteiger partial charge in [0.2, 0.25) is 0 Å². The van der Waals surface area contributed by atoms with Crippen LogP contribution in [0.3, 0.4) is 0 Å². The Bertz CT molecular complexity index is 450. The normalized spacial score (nSPS) is 19.9. The Morgan fingerprint density at radius 2 is 2.35 bits per heavy atom. The SMILES string of the molecule is CCNC(=NCc1nnc(C)n1C)NC1CCCSC1. The highest BCUT2D eigenvalue weighted by Gasteiger charge is 2.15. The molecule has 20 heavy (non-hydrogen) atoms. The monoisotopic (exact) mass is 296 g/mol. The van der Waals surface area contributed by atoms with Crippen molar-refractivity contribution in [3.8, 4) is 0 Å². The van der Waals surface area contributed by atoms with E-state index < -0.39 is 0 Å². The van der Waals surface area contributed by atoms with Crippen molar-refractivity contribution in [1.82, 2.24) is 25.4 Å². The second-order valence-corrected chi connectivity index (χ2v) is 6.13. The van der Waals surface area contributed by atoms with Crippen LogP contribution in [0.2, 0.25) is 0 Å². The van der Waals surface area contributed by atoms with E-state index in [1.54, 1.807) is 0 Å². The van der Waals surface area contributed by atoms with Crippen molar-refractivity contribution >= 4 is 17.7 Å². The van der Waals surface area contributed by atoms with E-state index in [4.69, 9.17) is 0 Å². The highest BCUT2D eigenvalue weighted by atomic mass is 32.2. The predicted octanol–water partition coefficient (Wildman–Crippen LogP) is 1.07. The number of hydrogen-bond donors (Lipinski definition) is 2. The van der Waals surface area contributed by atoms with Crippen LogP contribution in [-0.2, 0) is 13.6 Å². The summed E-state index contributed by atoms with van der Waals surface area (Å²) in [4.78, 5) is 4.61. The molecular formula is C13H24N6S. The molecular weight excluding hydrogens is 272 g/mol. The zero-order valence-electron chi connectivity index (χ0n) is 12.5. The van der Waals surface area contributed by atoms with E-state index in [9.17, 15) is 0 Å². The minimum Gasteiger partial charge on any atom is -0.357 e. The summed E-state index contributed by atoms with van der Waals surface area (Å²) in [5, 5.41) is 15.0. The molecule has 2 rings (SSSR count). The fourth-order valence-corrected chi connectivity index (χ4v) is 3.18. The van der Waals surface area contributed by atoms with Gasteiger partial charge in [-0.05, 0) is 32.4 Å². The first-order valence-corrected chi connectivity index (χ1v) is 8.33. The Morgan fingerprint density at radius 3 is 2.95 bits per heavy atom. The quantitative estimate of drug-likeness (QED) is 0.643. The minimum absolute atomic E-state index is 0.521. The van der Waals surface area contributed by atoms with Gasteiger partial charge in [-0.3, -0.25) is 0 Å². The molecule has 1 aliphatic rings. The van der Waals surface area contributed by atoms with Crippen LogP contribution in [0, 0.1) is 6.92 Å². The van der Waals surface area contributed by atoms with E-state index in [0.29, 0.717) is 12.6 Å². The van der Waals surface area contributed by atoms with Gasteiger partial charge in [-0.25, -0.2) is 4.99 Å². The fraction of sp³-hybridized carbons (Fsp3) is 0.769. The molecule has 2 N–H and O–H groups in total. The average molecular weight is 296 g/mol. The number of aryl methyl sites for hydroxylation is 1. The molecule has 7 heteroatoms. The summed E-state index contributed by atoms with van der Waals surface area (Å²) < 4.78 is 1.98. The summed E-state index contributed by atoms with van der Waals surface area (Å²) in [7, 11) is 1.97. The van der Waals surface area contributed by atoms with Gasteiger partial charge in [0.15, 0.2) is 11.8 Å². The maximum Gasteiger partial charge on any atom is 0.191 e. The lowest BCUT2D eigenvalue weighted by Gasteiger charge is -2.24. The lowest BCUT2D eigenvalue weighted by atomic mass is 10.2. The molecule has 1 saturated heterocycles. The second kappa shape index (κ2) is 7.52. The van der Waals surface area contributed by atoms with Crippen molar-refractivity contribution in [3.05, 3.63) is 11.6 Å². The van der Waals surface area contributed by atoms with Crippen LogP contribution < -0.4 is 10.6 Å². The van der Waals surface area contributed by atoms with E-state index in [2.05, 4.69) is 32.7 Å². The molecule has 2 heterocycles. The van der Waals surface area contributed by atoms with E-state index in [-0.39, 0.29) is 0 Å². The number of thioether (sulfide) groups is 1. The molecule has 1 atom stereocenters. The van der Waals surface area contributed by atoms with Crippen LogP contribution in [0.4, 0.5) is 0 Å². The largest absolute Gasteiger partial charge is 0.357 e. The fourth-order valence-electron chi connectivity index (χ4n) is 2.11. The Morgan fingerprint density at radius 1 is 1.50 bits per heavy atom. The molecule has 1 aromatic rings. The zero-order chi connectivity index (χ0) is 14.4. The van der Waals surface area contributed by atoms with E-state index in [1.165, 1.54) is 18.6 Å². The molecule has 0 saturated carbocycles. The van der Waals surface area contributed by atoms with Crippen LogP contribution >= 0.6 is 11.8 Å². The Hall–Kier alpha value is -1.24. The minimum atomic E-state index is 0.521. The van der Waals surface area contributed by atoms with Gasteiger partial charge in [0, 0.05) is 25.4 Å². The Labute approximate surface area is 124 Å². The molecule has 0 aromatic carbocycles. The maximum atomic E-state index is 4.61. The van der Waals surface area contributed by atoms with Crippen LogP contribution in [-0.4, -0.2) is 44.8 Å². The van der Waals surface area contributed by atoms with Crippen molar-refractivity contribution < 1.29 is 0 Å². The Kier molecular flexibility index (Phi) is 5.70. The summed E-state index contributed by atoms with van der Waals surface area (Å²) in [6, 6.07) is 0.521. The molecule has 6 nitrogen and oxygen atoms in total. The van der Waals surface area contributed by atoms with E-state index in [0.717, 1.165) is 29.9 Å². The first-order valence-electron chi connectivity index (χ1n) is 7.18. The molecule has 112 valence electrons. The van der Waals surface area contributed by atoms with Crippen molar-refractivity contribution in [2.75, 3.05) is 18.1 Å². The standard InChI is InChI=1S/C13H24N6S/c1-4-14-13(16-11-6-5-7-20-9-11)15-8-12-18-17-10(2)19(12)3/h11H,4-9H2,1-3H3,(H2,14,15,16). The smallest absolute Gasteiger partial charge is 0.191 e. The van der Waals surface area contributed by atoms with Crippen molar-refractivity contribution in [2.24, 2.45) is 12.0 Å². The molecule has 0 spiro atoms. The van der Waals surface area contributed by atoms with E-state index >= 15 is 0 Å². The first kappa shape index (κ1) is 15.2. The summed E-state index contributed by atoms with van der Waals surface area (Å²) in [5.41, 5.74) is 0. The van der Waals surface area contributed by atoms with Gasteiger partial charge in [-0.1, -0.05) is 0 Å². The number of rotatable bonds is 4. The highest BCUT2D eigenvalue weighted by Crippen LogP contribution is 2.16. The van der Waals surface area contributed by atoms with Gasteiger partial charge in [0.25, 0.3) is 0 Å². The van der Waals surface area contributed by atoms with Crippen molar-refractivity contribution in [3.63, 3.8) is 0 Å². The molecule has 0 aliphatic carbocycles. The number of hydrogen-bond acceptors (Lipinski definition) is 4. The highest BCUT2D eigenvalue weighted by molar-refractivity contribution is 7.99. The predicted molar refractivity (Wildman–Crippen MR) is 84.0 cm³/mol. The molecule has 1 aliphatic heterocycles. The maximum absolute atomic E-state index is 4.61. The molecule has 0 amide bonds. The van der Waals surface area contributed by atoms with Crippen molar-refractivity contribution in [2.45, 2.75) is 39.3 Å². The molecule has 1 unspecified atom stereocenters. The Balaban J connectivity index is 1.96. The van der Waals surface area contributed by atoms with Gasteiger partial charge in [0.05, 0.1) is 0 Å². The number of nitrogens with one attached hydrogen (secondary N) is 2. The number of aromatic nitrogens is 3. The molecule has 0 radical (unpaired) electrons. The van der Waals surface area contributed by atoms with Crippen LogP contribution in [0.1, 0.15) is 31.4 Å². The van der Waals surface area contributed by atoms with Crippen LogP contribution in [0.25, 0.3) is 0 Å². The van der Waals surface area contributed by atoms with Gasteiger partial charge in [-0.2, -0.15) is 11.8 Å². The van der Waals surface area contributed by atoms with Gasteiger partial charge >= 0.3 is 0 Å². The number of aliphatic imine (C=N–C) groups is 1. The van der Waals surface area contributed by atoms with E-state index in [1.807, 2.05) is 30.3 Å². The topological polar surface area (TPSA) is 67.1 Å². The third-order valence-corrected chi connectivity index (χ3v) is 4.62. The second-order valence-electron chi connectivity index (χ2n) is 4.98. The van der Waals surface area contributed by atoms with Crippen LogP contribution in [0.15, 0.2) is 4.99 Å². The van der Waals surface area contributed by atoms with Gasteiger partial charge in [0.1, 0.15) is 12.4 Å². The van der Waals surface area contributed by atoms with Crippen molar-refractivity contribution in [1.29, 1.82) is 0 Å². The first-order chi connectivity index (χ1) is 9.70.